The average molecular weight is 293 g/mol. The number of nitrogens with zero attached hydrogens (tertiary/aromatic N) is 2. The molecule has 2 rings (SSSR count). The van der Waals surface area contributed by atoms with E-state index in [0.717, 1.165) is 5.56 Å². The van der Waals surface area contributed by atoms with Gasteiger partial charge in [0.25, 0.3) is 0 Å². The molecule has 0 amide bonds. The molecule has 0 saturated heterocycles. The molecule has 0 aliphatic carbocycles. The Morgan fingerprint density at radius 3 is 2.60 bits per heavy atom. The summed E-state index contributed by atoms with van der Waals surface area (Å²) in [6.45, 7) is 0.539. The van der Waals surface area contributed by atoms with Gasteiger partial charge in [-0.1, -0.05) is 29.8 Å². The van der Waals surface area contributed by atoms with Crippen molar-refractivity contribution >= 4 is 23.0 Å². The molecule has 0 spiro atoms. The fourth-order valence-corrected chi connectivity index (χ4v) is 2.07. The molecule has 1 N–H and O–H groups in total. The Hall–Kier alpha value is -2.27. The standard InChI is InChI=1S/C14H13ClN2O3/c1-16(9-10-4-2-3-5-12(10)15)11-6-7-13(17(19)20)14(18)8-11/h2-8,18H,9H2,1H3. The monoisotopic (exact) mass is 292 g/mol. The summed E-state index contributed by atoms with van der Waals surface area (Å²) < 4.78 is 0. The number of aromatic hydroxyl groups is 1. The number of benzene rings is 2. The highest BCUT2D eigenvalue weighted by molar-refractivity contribution is 6.31. The molecule has 0 fully saturated rings. The minimum absolute atomic E-state index is 0.306. The number of hydrogen-bond acceptors (Lipinski definition) is 4. The van der Waals surface area contributed by atoms with Crippen LogP contribution < -0.4 is 4.90 Å². The van der Waals surface area contributed by atoms with Gasteiger partial charge in [-0.15, -0.1) is 0 Å². The van der Waals surface area contributed by atoms with E-state index in [4.69, 9.17) is 11.6 Å². The number of phenols is 1. The van der Waals surface area contributed by atoms with Crippen molar-refractivity contribution in [3.05, 3.63) is 63.2 Å². The summed E-state index contributed by atoms with van der Waals surface area (Å²) in [5, 5.41) is 20.9. The second-order valence-electron chi connectivity index (χ2n) is 4.38. The predicted molar refractivity (Wildman–Crippen MR) is 78.3 cm³/mol. The van der Waals surface area contributed by atoms with E-state index in [9.17, 15) is 15.2 Å². The van der Waals surface area contributed by atoms with Gasteiger partial charge in [0.1, 0.15) is 0 Å². The van der Waals surface area contributed by atoms with Crippen molar-refractivity contribution in [3.8, 4) is 5.75 Å². The summed E-state index contributed by atoms with van der Waals surface area (Å²) in [4.78, 5) is 11.9. The molecule has 0 bridgehead atoms. The van der Waals surface area contributed by atoms with Crippen LogP contribution in [0, 0.1) is 10.1 Å². The fourth-order valence-electron chi connectivity index (χ4n) is 1.88. The second kappa shape index (κ2) is 5.79. The second-order valence-corrected chi connectivity index (χ2v) is 4.78. The maximum Gasteiger partial charge on any atom is 0.310 e. The lowest BCUT2D eigenvalue weighted by Crippen LogP contribution is -2.16. The van der Waals surface area contributed by atoms with E-state index in [1.54, 1.807) is 12.1 Å². The van der Waals surface area contributed by atoms with Crippen LogP contribution in [0.15, 0.2) is 42.5 Å². The quantitative estimate of drug-likeness (QED) is 0.691. The number of anilines is 1. The van der Waals surface area contributed by atoms with Crippen LogP contribution in [0.25, 0.3) is 0 Å². The third-order valence-corrected chi connectivity index (χ3v) is 3.33. The van der Waals surface area contributed by atoms with E-state index in [1.807, 2.05) is 30.1 Å². The minimum Gasteiger partial charge on any atom is -0.502 e. The predicted octanol–water partition coefficient (Wildman–Crippen LogP) is 3.59. The lowest BCUT2D eigenvalue weighted by molar-refractivity contribution is -0.385. The first kappa shape index (κ1) is 14.1. The van der Waals surface area contributed by atoms with Crippen molar-refractivity contribution in [2.24, 2.45) is 0 Å². The molecular weight excluding hydrogens is 280 g/mol. The van der Waals surface area contributed by atoms with Gasteiger partial charge < -0.3 is 10.0 Å². The van der Waals surface area contributed by atoms with Gasteiger partial charge in [-0.3, -0.25) is 10.1 Å². The van der Waals surface area contributed by atoms with Gasteiger partial charge >= 0.3 is 5.69 Å². The van der Waals surface area contributed by atoms with Crippen LogP contribution in [0.1, 0.15) is 5.56 Å². The number of halogens is 1. The van der Waals surface area contributed by atoms with E-state index in [-0.39, 0.29) is 11.4 Å². The molecule has 0 saturated carbocycles. The SMILES string of the molecule is CN(Cc1ccccc1Cl)c1ccc([N+](=O)[O-])c(O)c1. The lowest BCUT2D eigenvalue weighted by atomic mass is 10.2. The summed E-state index contributed by atoms with van der Waals surface area (Å²) in [6.07, 6.45) is 0. The largest absolute Gasteiger partial charge is 0.502 e. The minimum atomic E-state index is -0.618. The van der Waals surface area contributed by atoms with Gasteiger partial charge in [0.05, 0.1) is 4.92 Å². The Morgan fingerprint density at radius 1 is 1.30 bits per heavy atom. The van der Waals surface area contributed by atoms with E-state index < -0.39 is 4.92 Å². The van der Waals surface area contributed by atoms with E-state index in [1.165, 1.54) is 12.1 Å². The van der Waals surface area contributed by atoms with Crippen molar-refractivity contribution in [1.29, 1.82) is 0 Å². The molecule has 0 heterocycles. The van der Waals surface area contributed by atoms with Crippen LogP contribution >= 0.6 is 11.6 Å². The van der Waals surface area contributed by atoms with Crippen LogP contribution in [-0.2, 0) is 6.54 Å². The van der Waals surface area contributed by atoms with E-state index in [0.29, 0.717) is 17.3 Å². The third-order valence-electron chi connectivity index (χ3n) is 2.96. The van der Waals surface area contributed by atoms with Gasteiger partial charge in [0.2, 0.25) is 0 Å². The highest BCUT2D eigenvalue weighted by Crippen LogP contribution is 2.30. The smallest absolute Gasteiger partial charge is 0.310 e. The molecule has 0 aliphatic heterocycles. The van der Waals surface area contributed by atoms with Crippen LogP contribution in [0.2, 0.25) is 5.02 Å². The van der Waals surface area contributed by atoms with E-state index >= 15 is 0 Å². The molecule has 0 aliphatic rings. The molecule has 0 radical (unpaired) electrons. The highest BCUT2D eigenvalue weighted by atomic mass is 35.5. The zero-order valence-electron chi connectivity index (χ0n) is 10.8. The van der Waals surface area contributed by atoms with Crippen molar-refractivity contribution in [2.45, 2.75) is 6.54 Å². The van der Waals surface area contributed by atoms with Crippen molar-refractivity contribution in [1.82, 2.24) is 0 Å². The summed E-state index contributed by atoms with van der Waals surface area (Å²) in [7, 11) is 1.82. The van der Waals surface area contributed by atoms with Crippen LogP contribution in [-0.4, -0.2) is 17.1 Å². The summed E-state index contributed by atoms with van der Waals surface area (Å²) in [6, 6.07) is 11.7. The number of nitro benzene ring substituents is 1. The van der Waals surface area contributed by atoms with Gasteiger partial charge in [-0.25, -0.2) is 0 Å². The lowest BCUT2D eigenvalue weighted by Gasteiger charge is -2.20. The zero-order chi connectivity index (χ0) is 14.7. The molecule has 104 valence electrons. The number of rotatable bonds is 4. The van der Waals surface area contributed by atoms with Gasteiger partial charge in [0, 0.05) is 36.4 Å². The Morgan fingerprint density at radius 2 is 2.00 bits per heavy atom. The first-order chi connectivity index (χ1) is 9.49. The summed E-state index contributed by atoms with van der Waals surface area (Å²) >= 11 is 6.09. The molecular formula is C14H13ClN2O3. The van der Waals surface area contributed by atoms with Gasteiger partial charge in [-0.05, 0) is 17.7 Å². The third kappa shape index (κ3) is 3.00. The first-order valence-electron chi connectivity index (χ1n) is 5.91. The number of phenolic OH excluding ortho intramolecular Hbond substituents is 1. The molecule has 20 heavy (non-hydrogen) atoms. The van der Waals surface area contributed by atoms with E-state index in [2.05, 4.69) is 0 Å². The van der Waals surface area contributed by atoms with Crippen LogP contribution in [0.4, 0.5) is 11.4 Å². The molecule has 2 aromatic rings. The average Bonchev–Trinajstić information content (AvgIpc) is 2.40. The van der Waals surface area contributed by atoms with Crippen LogP contribution in [0.3, 0.4) is 0 Å². The highest BCUT2D eigenvalue weighted by Gasteiger charge is 2.14. The normalized spacial score (nSPS) is 10.3. The molecule has 6 heteroatoms. The van der Waals surface area contributed by atoms with Gasteiger partial charge in [-0.2, -0.15) is 0 Å². The Labute approximate surface area is 121 Å². The number of hydrogen-bond donors (Lipinski definition) is 1. The topological polar surface area (TPSA) is 66.6 Å². The van der Waals surface area contributed by atoms with Gasteiger partial charge in [0.15, 0.2) is 5.75 Å². The Kier molecular flexibility index (Phi) is 4.10. The first-order valence-corrected chi connectivity index (χ1v) is 6.29. The molecule has 2 aromatic carbocycles. The maximum atomic E-state index is 10.7. The fraction of sp³-hybridized carbons (Fsp3) is 0.143. The van der Waals surface area contributed by atoms with Crippen molar-refractivity contribution in [2.75, 3.05) is 11.9 Å². The Bertz CT molecular complexity index is 646. The molecule has 0 aromatic heterocycles. The van der Waals surface area contributed by atoms with Crippen LogP contribution in [0.5, 0.6) is 5.75 Å². The Balaban J connectivity index is 2.22. The maximum absolute atomic E-state index is 10.7. The summed E-state index contributed by atoms with van der Waals surface area (Å²) in [5.74, 6) is -0.349. The van der Waals surface area contributed by atoms with Crippen molar-refractivity contribution < 1.29 is 10.0 Å². The summed E-state index contributed by atoms with van der Waals surface area (Å²) in [5.41, 5.74) is 1.31. The zero-order valence-corrected chi connectivity index (χ0v) is 11.5. The molecule has 0 atom stereocenters. The number of nitro groups is 1. The van der Waals surface area contributed by atoms with Crippen molar-refractivity contribution in [3.63, 3.8) is 0 Å². The molecule has 5 nitrogen and oxygen atoms in total. The molecule has 0 unspecified atom stereocenters.